The number of halogens is 1. The van der Waals surface area contributed by atoms with Crippen LogP contribution < -0.4 is 5.73 Å². The van der Waals surface area contributed by atoms with Crippen molar-refractivity contribution < 1.29 is 34.8 Å². The molecule has 0 saturated heterocycles. The maximum Gasteiger partial charge on any atom is 0.255 e. The number of aliphatic hydroxyl groups excluding tert-OH is 2. The van der Waals surface area contributed by atoms with Gasteiger partial charge in [-0.3, -0.25) is 14.4 Å². The minimum absolute atomic E-state index is 0.0274. The first-order chi connectivity index (χ1) is 16.1. The van der Waals surface area contributed by atoms with E-state index in [0.29, 0.717) is 21.8 Å². The van der Waals surface area contributed by atoms with Crippen LogP contribution in [0.5, 0.6) is 5.75 Å². The number of aromatic hydroxyl groups is 1. The molecule has 0 bridgehead atoms. The number of aromatic nitrogens is 1. The van der Waals surface area contributed by atoms with Crippen LogP contribution in [0.25, 0.3) is 16.9 Å². The summed E-state index contributed by atoms with van der Waals surface area (Å²) in [4.78, 5) is 41.7. The third-order valence-corrected chi connectivity index (χ3v) is 7.21. The lowest BCUT2D eigenvalue weighted by atomic mass is 9.59. The fraction of sp³-hybridized carbons (Fsp3) is 0.250. The lowest BCUT2D eigenvalue weighted by Gasteiger charge is -2.46. The number of hydrogen-bond donors (Lipinski definition) is 5. The maximum absolute atomic E-state index is 13.5. The van der Waals surface area contributed by atoms with Gasteiger partial charge in [0.1, 0.15) is 28.0 Å². The molecule has 1 heterocycles. The number of nitrogens with zero attached hydrogens (tertiary/aromatic N) is 1. The van der Waals surface area contributed by atoms with E-state index in [1.54, 1.807) is 24.4 Å². The number of carbonyl (C=O) groups is 3. The van der Waals surface area contributed by atoms with E-state index in [2.05, 4.69) is 4.98 Å². The van der Waals surface area contributed by atoms with E-state index in [1.165, 1.54) is 6.07 Å². The highest BCUT2D eigenvalue weighted by atomic mass is 35.5. The first-order valence-corrected chi connectivity index (χ1v) is 10.9. The minimum Gasteiger partial charge on any atom is -0.508 e. The second kappa shape index (κ2) is 7.41. The average molecular weight is 483 g/mol. The molecule has 1 aromatic heterocycles. The molecule has 3 atom stereocenters. The van der Waals surface area contributed by atoms with Gasteiger partial charge in [-0.15, -0.1) is 0 Å². The summed E-state index contributed by atoms with van der Waals surface area (Å²) in [5.74, 6) is -6.57. The molecule has 2 aromatic rings. The van der Waals surface area contributed by atoms with Crippen molar-refractivity contribution in [3.63, 3.8) is 0 Å². The van der Waals surface area contributed by atoms with Gasteiger partial charge in [0.05, 0.1) is 5.56 Å². The van der Waals surface area contributed by atoms with Crippen LogP contribution in [0.4, 0.5) is 0 Å². The van der Waals surface area contributed by atoms with Crippen LogP contribution in [0.3, 0.4) is 0 Å². The van der Waals surface area contributed by atoms with Crippen LogP contribution in [-0.2, 0) is 20.8 Å². The van der Waals surface area contributed by atoms with E-state index < -0.39 is 52.0 Å². The van der Waals surface area contributed by atoms with E-state index in [-0.39, 0.29) is 36.1 Å². The monoisotopic (exact) mass is 482 g/mol. The molecule has 9 nitrogen and oxygen atoms in total. The largest absolute Gasteiger partial charge is 0.508 e. The number of Topliss-reactive ketones (excluding diaryl/α,β-unsaturated/α-hetero) is 2. The normalized spacial score (nSPS) is 26.2. The van der Waals surface area contributed by atoms with Crippen molar-refractivity contribution in [2.75, 3.05) is 0 Å². The summed E-state index contributed by atoms with van der Waals surface area (Å²) < 4.78 is 0. The second-order valence-corrected chi connectivity index (χ2v) is 9.15. The average Bonchev–Trinajstić information content (AvgIpc) is 2.77. The Kier molecular flexibility index (Phi) is 4.82. The van der Waals surface area contributed by atoms with Crippen molar-refractivity contribution >= 4 is 34.8 Å². The predicted octanol–water partition coefficient (Wildman–Crippen LogP) is 2.14. The summed E-state index contributed by atoms with van der Waals surface area (Å²) in [5.41, 5.74) is 3.54. The maximum atomic E-state index is 13.5. The topological polar surface area (TPSA) is 171 Å². The number of carbonyl (C=O) groups excluding carboxylic acids is 3. The Morgan fingerprint density at radius 3 is 2.50 bits per heavy atom. The Labute approximate surface area is 197 Å². The number of pyridine rings is 1. The van der Waals surface area contributed by atoms with Crippen molar-refractivity contribution in [1.29, 1.82) is 0 Å². The quantitative estimate of drug-likeness (QED) is 0.320. The minimum atomic E-state index is -2.58. The number of rotatable bonds is 2. The number of aliphatic hydroxyl groups is 3. The molecule has 0 radical (unpaired) electrons. The number of ketones is 2. The second-order valence-electron chi connectivity index (χ2n) is 8.76. The van der Waals surface area contributed by atoms with Gasteiger partial charge in [0.25, 0.3) is 5.91 Å². The van der Waals surface area contributed by atoms with Gasteiger partial charge < -0.3 is 26.2 Å². The molecular weight excluding hydrogens is 464 g/mol. The van der Waals surface area contributed by atoms with Crippen molar-refractivity contribution in [3.05, 3.63) is 63.6 Å². The van der Waals surface area contributed by atoms with Crippen LogP contribution >= 0.6 is 11.6 Å². The van der Waals surface area contributed by atoms with Crippen LogP contribution in [-0.4, -0.2) is 48.5 Å². The van der Waals surface area contributed by atoms with Gasteiger partial charge in [0.2, 0.25) is 5.78 Å². The van der Waals surface area contributed by atoms with Crippen molar-refractivity contribution in [2.45, 2.75) is 24.9 Å². The summed E-state index contributed by atoms with van der Waals surface area (Å²) in [6.45, 7) is 0. The molecule has 10 heteroatoms. The number of fused-ring (bicyclic) bond motifs is 3. The highest BCUT2D eigenvalue weighted by Crippen LogP contribution is 2.53. The number of phenolic OH excluding ortho intramolecular Hbond substituents is 1. The van der Waals surface area contributed by atoms with E-state index in [9.17, 15) is 34.8 Å². The molecule has 3 unspecified atom stereocenters. The van der Waals surface area contributed by atoms with Gasteiger partial charge in [0, 0.05) is 29.7 Å². The summed E-state index contributed by atoms with van der Waals surface area (Å²) in [6, 6.07) is 6.36. The smallest absolute Gasteiger partial charge is 0.255 e. The number of nitrogens with two attached hydrogens (primary N) is 1. The third kappa shape index (κ3) is 2.90. The summed E-state index contributed by atoms with van der Waals surface area (Å²) in [5, 5.41) is 43.8. The van der Waals surface area contributed by atoms with E-state index in [0.717, 1.165) is 0 Å². The molecule has 1 fully saturated rings. The Hall–Kier alpha value is -3.69. The van der Waals surface area contributed by atoms with Crippen LogP contribution in [0.1, 0.15) is 24.0 Å². The summed E-state index contributed by atoms with van der Waals surface area (Å²) >= 11 is 5.89. The van der Waals surface area contributed by atoms with Gasteiger partial charge in [-0.05, 0) is 48.1 Å². The molecule has 34 heavy (non-hydrogen) atoms. The first kappa shape index (κ1) is 22.1. The van der Waals surface area contributed by atoms with Crippen LogP contribution in [0.2, 0.25) is 5.15 Å². The Morgan fingerprint density at radius 1 is 1.12 bits per heavy atom. The Morgan fingerprint density at radius 2 is 1.85 bits per heavy atom. The number of primary amides is 1. The molecule has 1 aromatic carbocycles. The molecule has 174 valence electrons. The molecular formula is C24H19ClN2O7. The van der Waals surface area contributed by atoms with Crippen LogP contribution in [0, 0.1) is 11.8 Å². The van der Waals surface area contributed by atoms with Crippen molar-refractivity contribution in [2.24, 2.45) is 17.6 Å². The zero-order valence-electron chi connectivity index (χ0n) is 17.6. The zero-order chi connectivity index (χ0) is 24.5. The number of benzene rings is 1. The molecule has 1 saturated carbocycles. The van der Waals surface area contributed by atoms with Gasteiger partial charge in [0.15, 0.2) is 11.4 Å². The third-order valence-electron chi connectivity index (χ3n) is 6.99. The van der Waals surface area contributed by atoms with Crippen molar-refractivity contribution in [1.82, 2.24) is 4.98 Å². The highest BCUT2D eigenvalue weighted by molar-refractivity contribution is 6.29. The molecule has 5 rings (SSSR count). The fourth-order valence-electron chi connectivity index (χ4n) is 5.43. The molecule has 3 aliphatic rings. The van der Waals surface area contributed by atoms with Gasteiger partial charge in [-0.25, -0.2) is 4.98 Å². The molecule has 6 N–H and O–H groups in total. The van der Waals surface area contributed by atoms with E-state index >= 15 is 0 Å². The molecule has 3 aliphatic carbocycles. The number of phenols is 1. The Balaban J connectivity index is 1.70. The SMILES string of the molecule is NC(=O)C1=C(O)C2(O)C(=O)C3=C(O)c4c(O)ccc(-c5ccc(Cl)nc5)c4CC3CC2CC1=O. The summed E-state index contributed by atoms with van der Waals surface area (Å²) in [6.07, 6.45) is 1.46. The Bertz CT molecular complexity index is 1360. The molecule has 0 spiro atoms. The molecule has 1 amide bonds. The first-order valence-electron chi connectivity index (χ1n) is 10.5. The van der Waals surface area contributed by atoms with Crippen molar-refractivity contribution in [3.8, 4) is 16.9 Å². The van der Waals surface area contributed by atoms with E-state index in [4.69, 9.17) is 17.3 Å². The molecule has 0 aliphatic heterocycles. The number of amides is 1. The summed E-state index contributed by atoms with van der Waals surface area (Å²) in [7, 11) is 0. The van der Waals surface area contributed by atoms with Crippen LogP contribution in [0.15, 0.2) is 47.4 Å². The highest BCUT2D eigenvalue weighted by Gasteiger charge is 2.60. The van der Waals surface area contributed by atoms with Gasteiger partial charge >= 0.3 is 0 Å². The number of hydrogen-bond acceptors (Lipinski definition) is 8. The standard InChI is InChI=1S/C24H19ClN2O7/c25-16-4-1-9(8-27-16)12-2-3-14(28)18-13(12)6-10-5-11-7-15(29)19(23(26)33)22(32)24(11,34)21(31)17(10)20(18)30/h1-4,8,10-11,28,30,32,34H,5-7H2,(H2,26,33). The predicted molar refractivity (Wildman–Crippen MR) is 120 cm³/mol. The lowest BCUT2D eigenvalue weighted by molar-refractivity contribution is -0.147. The zero-order valence-corrected chi connectivity index (χ0v) is 18.3. The van der Waals surface area contributed by atoms with Gasteiger partial charge in [-0.1, -0.05) is 17.7 Å². The van der Waals surface area contributed by atoms with E-state index in [1.807, 2.05) is 0 Å². The van der Waals surface area contributed by atoms with Gasteiger partial charge in [-0.2, -0.15) is 0 Å². The lowest BCUT2D eigenvalue weighted by Crippen LogP contribution is -2.58. The fourth-order valence-corrected chi connectivity index (χ4v) is 5.54.